The molecule has 1 saturated carbocycles. The summed E-state index contributed by atoms with van der Waals surface area (Å²) in [4.78, 5) is 19.9. The molecule has 2 bridgehead atoms. The molecule has 1 heterocycles. The quantitative estimate of drug-likeness (QED) is 0.374. The molecule has 1 saturated heterocycles. The van der Waals surface area contributed by atoms with Gasteiger partial charge >= 0.3 is 11.9 Å². The molecule has 1 aliphatic heterocycles. The highest BCUT2D eigenvalue weighted by atomic mass is 35.5. The largest absolute Gasteiger partial charge is 0.393 e. The molecule has 0 N–H and O–H groups in total. The van der Waals surface area contributed by atoms with Gasteiger partial charge in [-0.1, -0.05) is 46.4 Å². The SMILES string of the molecule is O=C1OC(=O)[C@H]2[C@@H]1[C@@]1(Cl)C(Cl)=C(Cl)[C@@]2(Cl)C1(Cl)Cl. The van der Waals surface area contributed by atoms with Crippen LogP contribution in [-0.4, -0.2) is 26.0 Å². The minimum absolute atomic E-state index is 0.126. The van der Waals surface area contributed by atoms with Crippen molar-refractivity contribution < 1.29 is 14.3 Å². The van der Waals surface area contributed by atoms with Crippen molar-refractivity contribution in [1.82, 2.24) is 0 Å². The molecule has 2 fully saturated rings. The van der Waals surface area contributed by atoms with Gasteiger partial charge in [-0.3, -0.25) is 9.59 Å². The number of carbonyl (C=O) groups excluding carboxylic acids is 2. The van der Waals surface area contributed by atoms with Gasteiger partial charge in [-0.05, 0) is 0 Å². The zero-order valence-corrected chi connectivity index (χ0v) is 12.7. The monoisotopic (exact) mass is 368 g/mol. The molecule has 0 unspecified atom stereocenters. The van der Waals surface area contributed by atoms with Gasteiger partial charge in [0.1, 0.15) is 21.6 Å². The summed E-state index contributed by atoms with van der Waals surface area (Å²) in [6.07, 6.45) is 0. The predicted octanol–water partition coefficient (Wildman–Crippen LogP) is 3.15. The fourth-order valence-corrected chi connectivity index (χ4v) is 5.73. The number of hydrogen-bond donors (Lipinski definition) is 0. The highest BCUT2D eigenvalue weighted by Crippen LogP contribution is 2.77. The first-order valence-corrected chi connectivity index (χ1v) is 6.96. The molecule has 0 aromatic heterocycles. The second-order valence-electron chi connectivity index (χ2n) is 4.32. The van der Waals surface area contributed by atoms with Crippen molar-refractivity contribution in [2.45, 2.75) is 14.1 Å². The van der Waals surface area contributed by atoms with E-state index in [0.717, 1.165) is 0 Å². The van der Waals surface area contributed by atoms with Gasteiger partial charge in [0.05, 0.1) is 10.1 Å². The number of cyclic esters (lactones) is 2. The third kappa shape index (κ3) is 1.03. The van der Waals surface area contributed by atoms with E-state index in [0.29, 0.717) is 0 Å². The smallest absolute Gasteiger partial charge is 0.319 e. The molecule has 98 valence electrons. The van der Waals surface area contributed by atoms with Crippen LogP contribution in [0.4, 0.5) is 0 Å². The lowest BCUT2D eigenvalue weighted by Crippen LogP contribution is -2.47. The number of halogens is 6. The van der Waals surface area contributed by atoms with Crippen LogP contribution >= 0.6 is 69.6 Å². The summed E-state index contributed by atoms with van der Waals surface area (Å²) in [5, 5.41) is -0.252. The van der Waals surface area contributed by atoms with Crippen LogP contribution < -0.4 is 0 Å². The molecule has 0 amide bonds. The Morgan fingerprint density at radius 2 is 1.17 bits per heavy atom. The fourth-order valence-electron chi connectivity index (χ4n) is 2.81. The lowest BCUT2D eigenvalue weighted by atomic mass is 9.84. The Bertz CT molecular complexity index is 498. The van der Waals surface area contributed by atoms with Gasteiger partial charge in [-0.2, -0.15) is 0 Å². The molecule has 4 atom stereocenters. The van der Waals surface area contributed by atoms with Gasteiger partial charge in [-0.15, -0.1) is 23.2 Å². The normalized spacial score (nSPS) is 48.8. The van der Waals surface area contributed by atoms with Crippen LogP contribution in [0.5, 0.6) is 0 Å². The van der Waals surface area contributed by atoms with Gasteiger partial charge in [0.15, 0.2) is 4.33 Å². The van der Waals surface area contributed by atoms with E-state index in [4.69, 9.17) is 69.6 Å². The third-order valence-electron chi connectivity index (χ3n) is 3.64. The van der Waals surface area contributed by atoms with Crippen LogP contribution in [0, 0.1) is 11.8 Å². The maximum absolute atomic E-state index is 11.7. The Morgan fingerprint density at radius 3 is 1.50 bits per heavy atom. The predicted molar refractivity (Wildman–Crippen MR) is 68.4 cm³/mol. The van der Waals surface area contributed by atoms with Crippen molar-refractivity contribution in [3.63, 3.8) is 0 Å². The number of ether oxygens (including phenoxy) is 1. The first-order chi connectivity index (χ1) is 8.11. The van der Waals surface area contributed by atoms with E-state index in [9.17, 15) is 9.59 Å². The number of rotatable bonds is 0. The van der Waals surface area contributed by atoms with E-state index >= 15 is 0 Å². The second kappa shape index (κ2) is 3.44. The third-order valence-corrected chi connectivity index (χ3v) is 7.90. The van der Waals surface area contributed by atoms with Crippen molar-refractivity contribution in [3.8, 4) is 0 Å². The zero-order valence-electron chi connectivity index (χ0n) is 8.15. The van der Waals surface area contributed by atoms with Crippen LogP contribution in [0.25, 0.3) is 0 Å². The molecule has 0 aromatic rings. The van der Waals surface area contributed by atoms with E-state index in [1.165, 1.54) is 0 Å². The molecule has 2 aliphatic carbocycles. The Morgan fingerprint density at radius 1 is 0.833 bits per heavy atom. The number of fused-ring (bicyclic) bond motifs is 5. The van der Waals surface area contributed by atoms with E-state index in [2.05, 4.69) is 4.74 Å². The van der Waals surface area contributed by atoms with Crippen molar-refractivity contribution in [3.05, 3.63) is 10.1 Å². The summed E-state index contributed by atoms with van der Waals surface area (Å²) in [5.74, 6) is -3.99. The molecular weight excluding hydrogens is 369 g/mol. The Kier molecular flexibility index (Phi) is 2.60. The lowest BCUT2D eigenvalue weighted by molar-refractivity contribution is -0.154. The highest BCUT2D eigenvalue weighted by molar-refractivity contribution is 6.66. The first-order valence-electron chi connectivity index (χ1n) is 4.69. The summed E-state index contributed by atoms with van der Waals surface area (Å²) >= 11 is 36.9. The Balaban J connectivity index is 2.37. The minimum Gasteiger partial charge on any atom is -0.393 e. The fraction of sp³-hybridized carbons (Fsp3) is 0.556. The van der Waals surface area contributed by atoms with Crippen LogP contribution in [-0.2, 0) is 14.3 Å². The minimum atomic E-state index is -1.89. The second-order valence-corrected chi connectivity index (χ2v) is 7.60. The molecule has 18 heavy (non-hydrogen) atoms. The molecular formula is C9H2Cl6O3. The Labute approximate surface area is 131 Å². The number of esters is 2. The van der Waals surface area contributed by atoms with E-state index in [1.807, 2.05) is 0 Å². The maximum atomic E-state index is 11.7. The van der Waals surface area contributed by atoms with Crippen LogP contribution in [0.1, 0.15) is 0 Å². The van der Waals surface area contributed by atoms with Crippen molar-refractivity contribution in [2.24, 2.45) is 11.8 Å². The van der Waals surface area contributed by atoms with Gasteiger partial charge < -0.3 is 4.74 Å². The van der Waals surface area contributed by atoms with Crippen molar-refractivity contribution in [1.29, 1.82) is 0 Å². The number of alkyl halides is 4. The van der Waals surface area contributed by atoms with Crippen LogP contribution in [0.3, 0.4) is 0 Å². The maximum Gasteiger partial charge on any atom is 0.319 e. The van der Waals surface area contributed by atoms with Gasteiger partial charge in [0.25, 0.3) is 0 Å². The van der Waals surface area contributed by atoms with E-state index in [-0.39, 0.29) is 10.1 Å². The summed E-state index contributed by atoms with van der Waals surface area (Å²) in [6.45, 7) is 0. The highest BCUT2D eigenvalue weighted by Gasteiger charge is 2.87. The van der Waals surface area contributed by atoms with Crippen LogP contribution in [0.15, 0.2) is 10.1 Å². The zero-order chi connectivity index (χ0) is 13.7. The molecule has 3 nitrogen and oxygen atoms in total. The molecule has 3 aliphatic rings. The van der Waals surface area contributed by atoms with Gasteiger partial charge in [0.2, 0.25) is 0 Å². The topological polar surface area (TPSA) is 43.4 Å². The van der Waals surface area contributed by atoms with Gasteiger partial charge in [-0.25, -0.2) is 0 Å². The van der Waals surface area contributed by atoms with E-state index < -0.39 is 37.9 Å². The summed E-state index contributed by atoms with van der Waals surface area (Å²) < 4.78 is 2.63. The van der Waals surface area contributed by atoms with E-state index in [1.54, 1.807) is 0 Å². The average molecular weight is 371 g/mol. The first kappa shape index (κ1) is 13.6. The number of hydrogen-bond acceptors (Lipinski definition) is 3. The Hall–Kier alpha value is 0.620. The van der Waals surface area contributed by atoms with Crippen LogP contribution in [0.2, 0.25) is 0 Å². The molecule has 3 rings (SSSR count). The summed E-state index contributed by atoms with van der Waals surface area (Å²) in [6, 6.07) is 0. The standard InChI is InChI=1S/C9H2Cl6O3/c10-3-4(11)8(13)2-1(5(16)18-6(2)17)7(3,12)9(8,14)15/h1-2H/t1-,2+,7-,8-/m1/s1. The molecule has 9 heteroatoms. The number of allylic oxidation sites excluding steroid dienone is 2. The molecule has 0 spiro atoms. The molecule has 0 aromatic carbocycles. The number of carbonyl (C=O) groups is 2. The average Bonchev–Trinajstić information content (AvgIpc) is 2.68. The molecule has 0 radical (unpaired) electrons. The van der Waals surface area contributed by atoms with Crippen molar-refractivity contribution >= 4 is 81.5 Å². The van der Waals surface area contributed by atoms with Crippen molar-refractivity contribution in [2.75, 3.05) is 0 Å². The summed E-state index contributed by atoms with van der Waals surface area (Å²) in [7, 11) is 0. The van der Waals surface area contributed by atoms with Gasteiger partial charge in [0, 0.05) is 0 Å². The lowest BCUT2D eigenvalue weighted by Gasteiger charge is -2.32. The summed E-state index contributed by atoms with van der Waals surface area (Å²) in [5.41, 5.74) is 0.